The van der Waals surface area contributed by atoms with E-state index in [4.69, 9.17) is 9.47 Å². The van der Waals surface area contributed by atoms with Gasteiger partial charge in [0.1, 0.15) is 6.10 Å². The van der Waals surface area contributed by atoms with E-state index >= 15 is 8.78 Å². The minimum absolute atomic E-state index is 0.0683. The summed E-state index contributed by atoms with van der Waals surface area (Å²) in [5.74, 6) is -12.4. The van der Waals surface area contributed by atoms with E-state index in [0.717, 1.165) is 20.3 Å². The molecule has 5 rings (SSSR count). The lowest BCUT2D eigenvalue weighted by Crippen LogP contribution is -2.69. The quantitative estimate of drug-likeness (QED) is 0.270. The van der Waals surface area contributed by atoms with Crippen molar-refractivity contribution in [2.75, 3.05) is 0 Å². The Bertz CT molecular complexity index is 886. The maximum atomic E-state index is 16.1. The second-order valence-electron chi connectivity index (χ2n) is 10.0. The Morgan fingerprint density at radius 1 is 0.969 bits per heavy atom. The summed E-state index contributed by atoms with van der Waals surface area (Å²) < 4.78 is 88.9. The van der Waals surface area contributed by atoms with Gasteiger partial charge < -0.3 is 14.2 Å². The molecule has 1 heterocycles. The van der Waals surface area contributed by atoms with Gasteiger partial charge in [0.05, 0.1) is 0 Å². The number of allylic oxidation sites excluding steroid dienone is 2. The summed E-state index contributed by atoms with van der Waals surface area (Å²) in [5, 5.41) is 0. The van der Waals surface area contributed by atoms with Gasteiger partial charge in [-0.3, -0.25) is 9.59 Å². The summed E-state index contributed by atoms with van der Waals surface area (Å²) in [6, 6.07) is 0. The van der Waals surface area contributed by atoms with Gasteiger partial charge in [-0.05, 0) is 61.7 Å². The average molecular weight is 464 g/mol. The fraction of sp³-hybridized carbons (Fsp3) is 0.818. The van der Waals surface area contributed by atoms with Crippen molar-refractivity contribution in [1.29, 1.82) is 0 Å². The number of ether oxygens (including phenoxy) is 3. The van der Waals surface area contributed by atoms with Crippen LogP contribution in [0.4, 0.5) is 22.0 Å². The van der Waals surface area contributed by atoms with Crippen molar-refractivity contribution in [1.82, 2.24) is 0 Å². The monoisotopic (exact) mass is 464 g/mol. The zero-order valence-corrected chi connectivity index (χ0v) is 17.8. The van der Waals surface area contributed by atoms with Crippen molar-refractivity contribution in [3.8, 4) is 0 Å². The highest BCUT2D eigenvalue weighted by Crippen LogP contribution is 2.72. The van der Waals surface area contributed by atoms with Crippen LogP contribution in [0.5, 0.6) is 0 Å². The number of esters is 2. The third-order valence-electron chi connectivity index (χ3n) is 8.65. The summed E-state index contributed by atoms with van der Waals surface area (Å²) >= 11 is 0. The number of carbonyl (C=O) groups excluding carboxylic acids is 2. The Balaban J connectivity index is 1.63. The molecule has 5 nitrogen and oxygen atoms in total. The molecule has 4 fully saturated rings. The van der Waals surface area contributed by atoms with E-state index in [1.54, 1.807) is 0 Å². The van der Waals surface area contributed by atoms with Gasteiger partial charge >= 0.3 is 29.8 Å². The number of hydrogen-bond acceptors (Lipinski definition) is 5. The Morgan fingerprint density at radius 2 is 1.56 bits per heavy atom. The number of alkyl halides is 5. The summed E-state index contributed by atoms with van der Waals surface area (Å²) in [6.45, 7) is 2.53. The highest BCUT2D eigenvalue weighted by atomic mass is 19.4. The molecule has 0 N–H and O–H groups in total. The molecule has 0 aromatic rings. The van der Waals surface area contributed by atoms with Crippen LogP contribution < -0.4 is 0 Å². The standard InChI is InChI=1S/C22H25F5O5/c1-9-19(31-10(2)28,20(23,24)21(30-9,22(25,26)27)32-11(3)29)16-8-14-7-15(16)18-13-5-4-12(6-13)17(14)18/h4-5,9,12-18H,6-8H2,1-3H3. The fourth-order valence-corrected chi connectivity index (χ4v) is 8.02. The summed E-state index contributed by atoms with van der Waals surface area (Å²) in [5.41, 5.74) is -2.90. The van der Waals surface area contributed by atoms with Gasteiger partial charge in [0.15, 0.2) is 0 Å². The van der Waals surface area contributed by atoms with Crippen molar-refractivity contribution in [2.24, 2.45) is 41.4 Å². The minimum Gasteiger partial charge on any atom is -0.449 e. The molecule has 0 radical (unpaired) electrons. The zero-order valence-electron chi connectivity index (χ0n) is 17.8. The molecule has 5 aliphatic rings. The second-order valence-corrected chi connectivity index (χ2v) is 10.0. The predicted molar refractivity (Wildman–Crippen MR) is 98.0 cm³/mol. The van der Waals surface area contributed by atoms with Crippen molar-refractivity contribution in [3.05, 3.63) is 12.2 Å². The fourth-order valence-electron chi connectivity index (χ4n) is 8.02. The number of halogens is 5. The lowest BCUT2D eigenvalue weighted by atomic mass is 9.62. The lowest BCUT2D eigenvalue weighted by molar-refractivity contribution is -0.413. The van der Waals surface area contributed by atoms with Gasteiger partial charge in [-0.15, -0.1) is 0 Å². The van der Waals surface area contributed by atoms with Crippen LogP contribution in [0.3, 0.4) is 0 Å². The van der Waals surface area contributed by atoms with E-state index in [1.807, 2.05) is 0 Å². The van der Waals surface area contributed by atoms with Gasteiger partial charge in [-0.1, -0.05) is 12.2 Å². The van der Waals surface area contributed by atoms with E-state index < -0.39 is 47.4 Å². The van der Waals surface area contributed by atoms with Crippen molar-refractivity contribution < 1.29 is 45.8 Å². The highest BCUT2D eigenvalue weighted by molar-refractivity contribution is 5.68. The third kappa shape index (κ3) is 2.42. The van der Waals surface area contributed by atoms with E-state index in [9.17, 15) is 22.8 Å². The SMILES string of the molecule is CC(=O)OC1(C2CC3CC2C2C4C=CC(C4)C32)C(C)OC(OC(C)=O)(C(F)(F)F)C1(F)F. The van der Waals surface area contributed by atoms with Gasteiger partial charge in [0.2, 0.25) is 5.60 Å². The molecular weight excluding hydrogens is 439 g/mol. The smallest absolute Gasteiger partial charge is 0.449 e. The first kappa shape index (κ1) is 22.1. The zero-order chi connectivity index (χ0) is 23.4. The van der Waals surface area contributed by atoms with Crippen LogP contribution >= 0.6 is 0 Å². The Kier molecular flexibility index (Phi) is 4.45. The third-order valence-corrected chi connectivity index (χ3v) is 8.65. The molecule has 3 saturated carbocycles. The van der Waals surface area contributed by atoms with Gasteiger partial charge in [-0.25, -0.2) is 0 Å². The molecule has 0 aromatic carbocycles. The van der Waals surface area contributed by atoms with Gasteiger partial charge in [0.25, 0.3) is 0 Å². The van der Waals surface area contributed by atoms with Crippen LogP contribution in [0, 0.1) is 41.4 Å². The molecule has 32 heavy (non-hydrogen) atoms. The van der Waals surface area contributed by atoms with Crippen LogP contribution in [0.1, 0.15) is 40.0 Å². The Hall–Kier alpha value is -1.71. The van der Waals surface area contributed by atoms with E-state index in [2.05, 4.69) is 16.9 Å². The average Bonchev–Trinajstić information content (AvgIpc) is 3.43. The molecule has 0 aromatic heterocycles. The van der Waals surface area contributed by atoms with Gasteiger partial charge in [-0.2, -0.15) is 22.0 Å². The van der Waals surface area contributed by atoms with E-state index in [-0.39, 0.29) is 30.1 Å². The van der Waals surface area contributed by atoms with Crippen molar-refractivity contribution in [2.45, 2.75) is 69.6 Å². The highest BCUT2D eigenvalue weighted by Gasteiger charge is 2.91. The van der Waals surface area contributed by atoms with E-state index in [1.165, 1.54) is 0 Å². The number of rotatable bonds is 3. The van der Waals surface area contributed by atoms with E-state index in [0.29, 0.717) is 25.2 Å². The molecule has 4 aliphatic carbocycles. The van der Waals surface area contributed by atoms with Gasteiger partial charge in [0, 0.05) is 19.8 Å². The maximum absolute atomic E-state index is 16.1. The molecule has 10 unspecified atom stereocenters. The molecule has 1 aliphatic heterocycles. The van der Waals surface area contributed by atoms with Crippen LogP contribution in [0.2, 0.25) is 0 Å². The number of carbonyl (C=O) groups is 2. The molecule has 0 amide bonds. The topological polar surface area (TPSA) is 61.8 Å². The predicted octanol–water partition coefficient (Wildman–Crippen LogP) is 4.26. The molecular formula is C22H25F5O5. The van der Waals surface area contributed by atoms with Crippen LogP contribution in [0.15, 0.2) is 12.2 Å². The lowest BCUT2D eigenvalue weighted by Gasteiger charge is -2.48. The van der Waals surface area contributed by atoms with Crippen molar-refractivity contribution >= 4 is 11.9 Å². The molecule has 0 spiro atoms. The molecule has 178 valence electrons. The Labute approximate surface area is 181 Å². The molecule has 10 heteroatoms. The first-order valence-electron chi connectivity index (χ1n) is 11.0. The summed E-state index contributed by atoms with van der Waals surface area (Å²) in [7, 11) is 0. The Morgan fingerprint density at radius 3 is 2.12 bits per heavy atom. The van der Waals surface area contributed by atoms with Crippen LogP contribution in [0.25, 0.3) is 0 Å². The molecule has 1 saturated heterocycles. The normalized spacial score (nSPS) is 50.0. The number of fused-ring (bicyclic) bond motifs is 9. The minimum atomic E-state index is -5.76. The summed E-state index contributed by atoms with van der Waals surface area (Å²) in [6.07, 6.45) is -1.62. The van der Waals surface area contributed by atoms with Crippen molar-refractivity contribution in [3.63, 3.8) is 0 Å². The number of hydrogen-bond donors (Lipinski definition) is 0. The summed E-state index contributed by atoms with van der Waals surface area (Å²) in [4.78, 5) is 23.5. The largest absolute Gasteiger partial charge is 0.462 e. The second kappa shape index (κ2) is 6.45. The first-order valence-corrected chi connectivity index (χ1v) is 11.0. The maximum Gasteiger partial charge on any atom is 0.462 e. The first-order chi connectivity index (χ1) is 14.8. The van der Waals surface area contributed by atoms with Crippen LogP contribution in [-0.4, -0.2) is 41.5 Å². The molecule has 4 bridgehead atoms. The molecule has 10 atom stereocenters. The van der Waals surface area contributed by atoms with Crippen LogP contribution in [-0.2, 0) is 23.8 Å².